The van der Waals surface area contributed by atoms with Crippen LogP contribution in [0.25, 0.3) is 5.69 Å². The molecule has 1 aromatic carbocycles. The van der Waals surface area contributed by atoms with E-state index in [-0.39, 0.29) is 10.6 Å². The van der Waals surface area contributed by atoms with Gasteiger partial charge in [-0.3, -0.25) is 9.59 Å². The molecule has 0 aliphatic rings. The molecule has 0 radical (unpaired) electrons. The van der Waals surface area contributed by atoms with Gasteiger partial charge in [-0.1, -0.05) is 17.7 Å². The van der Waals surface area contributed by atoms with Crippen molar-refractivity contribution in [3.05, 3.63) is 75.7 Å². The molecule has 0 saturated carbocycles. The fourth-order valence-electron chi connectivity index (χ4n) is 2.35. The number of hydrogen-bond acceptors (Lipinski definition) is 3. The number of carboxylic acid groups (broad SMARTS) is 1. The summed E-state index contributed by atoms with van der Waals surface area (Å²) in [5.41, 5.74) is 1.02. The lowest BCUT2D eigenvalue weighted by molar-refractivity contribution is -0.137. The highest BCUT2D eigenvalue weighted by atomic mass is 35.5. The van der Waals surface area contributed by atoms with E-state index >= 15 is 0 Å². The Hall–Kier alpha value is -2.37. The summed E-state index contributed by atoms with van der Waals surface area (Å²) in [5.74, 6) is -2.92. The van der Waals surface area contributed by atoms with Gasteiger partial charge in [0.25, 0.3) is 0 Å². The second-order valence-corrected chi connectivity index (χ2v) is 6.29. The zero-order chi connectivity index (χ0) is 16.4. The van der Waals surface area contributed by atoms with Crippen LogP contribution in [0.5, 0.6) is 0 Å². The maximum absolute atomic E-state index is 12.6. The molecule has 23 heavy (non-hydrogen) atoms. The Balaban J connectivity index is 1.97. The molecule has 1 unspecified atom stereocenters. The van der Waals surface area contributed by atoms with E-state index in [1.807, 2.05) is 29.1 Å². The monoisotopic (exact) mass is 345 g/mol. The summed E-state index contributed by atoms with van der Waals surface area (Å²) in [4.78, 5) is 24.6. The lowest BCUT2D eigenvalue weighted by Crippen LogP contribution is -2.21. The zero-order valence-corrected chi connectivity index (χ0v) is 13.4. The number of benzene rings is 1. The molecule has 3 aromatic rings. The maximum atomic E-state index is 12.6. The lowest BCUT2D eigenvalue weighted by Gasteiger charge is -2.12. The van der Waals surface area contributed by atoms with E-state index in [4.69, 9.17) is 11.6 Å². The minimum Gasteiger partial charge on any atom is -0.480 e. The summed E-state index contributed by atoms with van der Waals surface area (Å²) in [7, 11) is 0. The van der Waals surface area contributed by atoms with Gasteiger partial charge in [0.15, 0.2) is 11.7 Å². The minimum absolute atomic E-state index is 0.211. The molecule has 0 fully saturated rings. The van der Waals surface area contributed by atoms with Gasteiger partial charge < -0.3 is 9.67 Å². The largest absolute Gasteiger partial charge is 0.480 e. The fraction of sp³-hybridized carbons (Fsp3) is 0.0588. The summed E-state index contributed by atoms with van der Waals surface area (Å²) < 4.78 is 1.86. The van der Waals surface area contributed by atoms with E-state index < -0.39 is 17.7 Å². The molecular weight excluding hydrogens is 334 g/mol. The number of rotatable bonds is 5. The van der Waals surface area contributed by atoms with Crippen LogP contribution in [0.2, 0.25) is 5.02 Å². The Morgan fingerprint density at radius 3 is 2.43 bits per heavy atom. The normalized spacial score (nSPS) is 12.0. The van der Waals surface area contributed by atoms with Gasteiger partial charge in [0.2, 0.25) is 0 Å². The number of Topliss-reactive ketones (excluding diaryl/α,β-unsaturated/α-hetero) is 1. The van der Waals surface area contributed by atoms with Crippen molar-refractivity contribution in [3.8, 4) is 5.69 Å². The van der Waals surface area contributed by atoms with Gasteiger partial charge in [-0.2, -0.15) is 0 Å². The molecule has 3 rings (SSSR count). The van der Waals surface area contributed by atoms with Gasteiger partial charge in [0, 0.05) is 28.5 Å². The number of nitrogens with zero attached hydrogens (tertiary/aromatic N) is 1. The van der Waals surface area contributed by atoms with Gasteiger partial charge in [0.1, 0.15) is 0 Å². The highest BCUT2D eigenvalue weighted by Gasteiger charge is 2.31. The third kappa shape index (κ3) is 3.06. The number of aromatic nitrogens is 1. The number of halogens is 1. The van der Waals surface area contributed by atoms with Crippen LogP contribution in [0.1, 0.15) is 21.2 Å². The van der Waals surface area contributed by atoms with E-state index in [9.17, 15) is 14.7 Å². The molecule has 2 aromatic heterocycles. The van der Waals surface area contributed by atoms with Crippen LogP contribution in [-0.2, 0) is 4.79 Å². The van der Waals surface area contributed by atoms with E-state index in [0.29, 0.717) is 4.88 Å². The molecule has 0 aliphatic carbocycles. The van der Waals surface area contributed by atoms with Gasteiger partial charge in [0.05, 0.1) is 5.02 Å². The van der Waals surface area contributed by atoms with E-state index in [0.717, 1.165) is 5.69 Å². The first kappa shape index (κ1) is 15.5. The molecular formula is C17H12ClNO3S. The van der Waals surface area contributed by atoms with Crippen LogP contribution in [0.3, 0.4) is 0 Å². The van der Waals surface area contributed by atoms with Crippen molar-refractivity contribution in [2.45, 2.75) is 5.92 Å². The summed E-state index contributed by atoms with van der Waals surface area (Å²) in [5, 5.41) is 11.4. The second kappa shape index (κ2) is 6.40. The van der Waals surface area contributed by atoms with Crippen molar-refractivity contribution in [3.63, 3.8) is 0 Å². The number of carbonyl (C=O) groups is 2. The molecule has 0 spiro atoms. The van der Waals surface area contributed by atoms with Crippen molar-refractivity contribution >= 4 is 34.7 Å². The minimum atomic E-state index is -1.23. The Morgan fingerprint density at radius 2 is 1.87 bits per heavy atom. The topological polar surface area (TPSA) is 59.3 Å². The van der Waals surface area contributed by atoms with Crippen LogP contribution in [0.15, 0.2) is 60.2 Å². The molecule has 2 heterocycles. The summed E-state index contributed by atoms with van der Waals surface area (Å²) >= 11 is 7.47. The first-order valence-electron chi connectivity index (χ1n) is 6.81. The van der Waals surface area contributed by atoms with Gasteiger partial charge in [-0.25, -0.2) is 0 Å². The fourth-order valence-corrected chi connectivity index (χ4v) is 3.43. The number of aliphatic carboxylic acids is 1. The SMILES string of the molecule is O=C(O)C(C(=O)c1ccc(-n2cccc2)cc1Cl)c1cccs1. The van der Waals surface area contributed by atoms with Crippen LogP contribution >= 0.6 is 22.9 Å². The lowest BCUT2D eigenvalue weighted by atomic mass is 9.96. The van der Waals surface area contributed by atoms with E-state index in [1.54, 1.807) is 35.7 Å². The first-order valence-corrected chi connectivity index (χ1v) is 8.07. The predicted molar refractivity (Wildman–Crippen MR) is 89.8 cm³/mol. The van der Waals surface area contributed by atoms with Crippen molar-refractivity contribution in [1.82, 2.24) is 4.57 Å². The number of ketones is 1. The van der Waals surface area contributed by atoms with E-state index in [1.165, 1.54) is 11.3 Å². The molecule has 116 valence electrons. The molecule has 4 nitrogen and oxygen atoms in total. The van der Waals surface area contributed by atoms with Crippen molar-refractivity contribution in [2.24, 2.45) is 0 Å². The van der Waals surface area contributed by atoms with Crippen LogP contribution in [0.4, 0.5) is 0 Å². The smallest absolute Gasteiger partial charge is 0.319 e. The third-order valence-electron chi connectivity index (χ3n) is 3.46. The summed E-state index contributed by atoms with van der Waals surface area (Å²) in [6.07, 6.45) is 3.72. The maximum Gasteiger partial charge on any atom is 0.319 e. The Kier molecular flexibility index (Phi) is 4.32. The zero-order valence-electron chi connectivity index (χ0n) is 11.8. The van der Waals surface area contributed by atoms with Crippen molar-refractivity contribution in [2.75, 3.05) is 0 Å². The van der Waals surface area contributed by atoms with Crippen molar-refractivity contribution < 1.29 is 14.7 Å². The number of thiophene rings is 1. The average Bonchev–Trinajstić information content (AvgIpc) is 3.20. The first-order chi connectivity index (χ1) is 11.1. The predicted octanol–water partition coefficient (Wildman–Crippen LogP) is 4.24. The van der Waals surface area contributed by atoms with Crippen LogP contribution in [-0.4, -0.2) is 21.4 Å². The van der Waals surface area contributed by atoms with Crippen LogP contribution < -0.4 is 0 Å². The molecule has 0 amide bonds. The summed E-state index contributed by atoms with van der Waals surface area (Å²) in [6, 6.07) is 12.1. The third-order valence-corrected chi connectivity index (χ3v) is 4.71. The molecule has 0 bridgehead atoms. The Morgan fingerprint density at radius 1 is 1.13 bits per heavy atom. The summed E-state index contributed by atoms with van der Waals surface area (Å²) in [6.45, 7) is 0. The highest BCUT2D eigenvalue weighted by molar-refractivity contribution is 7.10. The van der Waals surface area contributed by atoms with Crippen molar-refractivity contribution in [1.29, 1.82) is 0 Å². The Labute approximate surface area is 141 Å². The molecule has 0 saturated heterocycles. The second-order valence-electron chi connectivity index (χ2n) is 4.91. The Bertz CT molecular complexity index is 841. The molecule has 0 aliphatic heterocycles. The molecule has 1 atom stereocenters. The standard InChI is InChI=1S/C17H12ClNO3S/c18-13-10-11(19-7-1-2-8-19)5-6-12(13)16(20)15(17(21)22)14-4-3-9-23-14/h1-10,15H,(H,21,22). The van der Waals surface area contributed by atoms with E-state index in [2.05, 4.69) is 0 Å². The number of carboxylic acids is 1. The average molecular weight is 346 g/mol. The van der Waals surface area contributed by atoms with Gasteiger partial charge in [-0.05, 0) is 41.8 Å². The highest BCUT2D eigenvalue weighted by Crippen LogP contribution is 2.29. The molecule has 1 N–H and O–H groups in total. The van der Waals surface area contributed by atoms with Gasteiger partial charge in [-0.15, -0.1) is 11.3 Å². The number of carbonyl (C=O) groups excluding carboxylic acids is 1. The molecule has 6 heteroatoms. The van der Waals surface area contributed by atoms with Gasteiger partial charge >= 0.3 is 5.97 Å². The van der Waals surface area contributed by atoms with Crippen LogP contribution in [0, 0.1) is 0 Å². The number of hydrogen-bond donors (Lipinski definition) is 1. The quantitative estimate of drug-likeness (QED) is 0.555.